The number of anilines is 1. The summed E-state index contributed by atoms with van der Waals surface area (Å²) in [6.45, 7) is 6.96. The molecule has 0 saturated heterocycles. The first-order valence-corrected chi connectivity index (χ1v) is 6.48. The molecule has 0 saturated carbocycles. The SMILES string of the molecule is Cc1cccc([N+](=O)[O-])c1NC(CN(C)C)C(C)C. The summed E-state index contributed by atoms with van der Waals surface area (Å²) < 4.78 is 0. The average molecular weight is 265 g/mol. The highest BCUT2D eigenvalue weighted by Gasteiger charge is 2.21. The monoisotopic (exact) mass is 265 g/mol. The molecule has 0 spiro atoms. The molecular formula is C14H23N3O2. The van der Waals surface area contributed by atoms with Gasteiger partial charge in [-0.3, -0.25) is 10.1 Å². The van der Waals surface area contributed by atoms with E-state index in [9.17, 15) is 10.1 Å². The second kappa shape index (κ2) is 6.52. The van der Waals surface area contributed by atoms with Crippen molar-refractivity contribution in [3.63, 3.8) is 0 Å². The van der Waals surface area contributed by atoms with E-state index in [2.05, 4.69) is 24.1 Å². The van der Waals surface area contributed by atoms with Crippen molar-refractivity contribution in [2.45, 2.75) is 26.8 Å². The molecule has 19 heavy (non-hydrogen) atoms. The molecule has 1 N–H and O–H groups in total. The predicted molar refractivity (Wildman–Crippen MR) is 78.6 cm³/mol. The fourth-order valence-electron chi connectivity index (χ4n) is 1.99. The van der Waals surface area contributed by atoms with E-state index in [1.54, 1.807) is 12.1 Å². The number of para-hydroxylation sites is 1. The molecule has 0 bridgehead atoms. The van der Waals surface area contributed by atoms with Crippen LogP contribution >= 0.6 is 0 Å². The average Bonchev–Trinajstić information content (AvgIpc) is 2.29. The molecule has 5 nitrogen and oxygen atoms in total. The number of rotatable bonds is 6. The van der Waals surface area contributed by atoms with Gasteiger partial charge in [0.1, 0.15) is 5.69 Å². The maximum absolute atomic E-state index is 11.1. The van der Waals surface area contributed by atoms with Crippen molar-refractivity contribution in [1.29, 1.82) is 0 Å². The van der Waals surface area contributed by atoms with E-state index in [0.717, 1.165) is 12.1 Å². The molecule has 1 atom stereocenters. The van der Waals surface area contributed by atoms with Crippen molar-refractivity contribution >= 4 is 11.4 Å². The van der Waals surface area contributed by atoms with Gasteiger partial charge in [-0.15, -0.1) is 0 Å². The third kappa shape index (κ3) is 4.21. The Morgan fingerprint density at radius 2 is 2.00 bits per heavy atom. The summed E-state index contributed by atoms with van der Waals surface area (Å²) in [5.41, 5.74) is 1.68. The van der Waals surface area contributed by atoms with Crippen LogP contribution in [-0.2, 0) is 0 Å². The standard InChI is InChI=1S/C14H23N3O2/c1-10(2)12(9-16(4)5)15-14-11(3)7-6-8-13(14)17(18)19/h6-8,10,12,15H,9H2,1-5H3. The van der Waals surface area contributed by atoms with E-state index in [1.165, 1.54) is 0 Å². The number of hydrogen-bond acceptors (Lipinski definition) is 4. The number of nitrogens with zero attached hydrogens (tertiary/aromatic N) is 2. The molecule has 1 aromatic rings. The smallest absolute Gasteiger partial charge is 0.292 e. The Balaban J connectivity index is 3.05. The molecule has 0 fully saturated rings. The van der Waals surface area contributed by atoms with Gasteiger partial charge >= 0.3 is 0 Å². The zero-order valence-corrected chi connectivity index (χ0v) is 12.3. The van der Waals surface area contributed by atoms with Crippen LogP contribution in [0.1, 0.15) is 19.4 Å². The van der Waals surface area contributed by atoms with Crippen molar-refractivity contribution in [3.8, 4) is 0 Å². The van der Waals surface area contributed by atoms with E-state index in [1.807, 2.05) is 27.1 Å². The highest BCUT2D eigenvalue weighted by molar-refractivity contribution is 5.66. The van der Waals surface area contributed by atoms with Crippen molar-refractivity contribution in [3.05, 3.63) is 33.9 Å². The van der Waals surface area contributed by atoms with Crippen LogP contribution in [0, 0.1) is 23.0 Å². The quantitative estimate of drug-likeness (QED) is 0.634. The third-order valence-corrected chi connectivity index (χ3v) is 3.14. The molecule has 0 aliphatic carbocycles. The number of likely N-dealkylation sites (N-methyl/N-ethyl adjacent to an activating group) is 1. The predicted octanol–water partition coefficient (Wildman–Crippen LogP) is 2.90. The van der Waals surface area contributed by atoms with Crippen LogP contribution in [0.5, 0.6) is 0 Å². The van der Waals surface area contributed by atoms with Crippen molar-refractivity contribution in [2.24, 2.45) is 5.92 Å². The molecule has 5 heteroatoms. The first-order valence-electron chi connectivity index (χ1n) is 6.48. The number of benzene rings is 1. The second-order valence-electron chi connectivity index (χ2n) is 5.48. The summed E-state index contributed by atoms with van der Waals surface area (Å²) in [5.74, 6) is 0.390. The van der Waals surface area contributed by atoms with Crippen LogP contribution in [0.15, 0.2) is 18.2 Å². The van der Waals surface area contributed by atoms with E-state index >= 15 is 0 Å². The number of nitrogens with one attached hydrogen (secondary N) is 1. The molecule has 0 aromatic heterocycles. The molecule has 1 unspecified atom stereocenters. The maximum Gasteiger partial charge on any atom is 0.292 e. The first-order chi connectivity index (χ1) is 8.82. The topological polar surface area (TPSA) is 58.4 Å². The fourth-order valence-corrected chi connectivity index (χ4v) is 1.99. The Morgan fingerprint density at radius 3 is 2.47 bits per heavy atom. The van der Waals surface area contributed by atoms with Crippen molar-refractivity contribution < 1.29 is 4.92 Å². The Hall–Kier alpha value is -1.62. The van der Waals surface area contributed by atoms with Gasteiger partial charge in [0.15, 0.2) is 0 Å². The van der Waals surface area contributed by atoms with Crippen LogP contribution in [-0.4, -0.2) is 36.5 Å². The molecule has 0 amide bonds. The van der Waals surface area contributed by atoms with Crippen LogP contribution in [0.2, 0.25) is 0 Å². The lowest BCUT2D eigenvalue weighted by Crippen LogP contribution is -2.36. The zero-order valence-electron chi connectivity index (χ0n) is 12.3. The lowest BCUT2D eigenvalue weighted by Gasteiger charge is -2.27. The summed E-state index contributed by atoms with van der Waals surface area (Å²) in [7, 11) is 4.01. The summed E-state index contributed by atoms with van der Waals surface area (Å²) >= 11 is 0. The number of nitro groups is 1. The molecular weight excluding hydrogens is 242 g/mol. The molecule has 0 aliphatic rings. The number of aryl methyl sites for hydroxylation is 1. The Bertz CT molecular complexity index is 444. The minimum Gasteiger partial charge on any atom is -0.375 e. The van der Waals surface area contributed by atoms with Gasteiger partial charge in [-0.1, -0.05) is 26.0 Å². The van der Waals surface area contributed by atoms with Gasteiger partial charge in [0.2, 0.25) is 0 Å². The second-order valence-corrected chi connectivity index (χ2v) is 5.48. The van der Waals surface area contributed by atoms with E-state index < -0.39 is 0 Å². The van der Waals surface area contributed by atoms with Gasteiger partial charge in [-0.25, -0.2) is 0 Å². The zero-order chi connectivity index (χ0) is 14.6. The van der Waals surface area contributed by atoms with Gasteiger partial charge in [-0.2, -0.15) is 0 Å². The number of hydrogen-bond donors (Lipinski definition) is 1. The van der Waals surface area contributed by atoms with E-state index in [0.29, 0.717) is 11.6 Å². The minimum absolute atomic E-state index is 0.143. The molecule has 1 aromatic carbocycles. The van der Waals surface area contributed by atoms with E-state index in [4.69, 9.17) is 0 Å². The third-order valence-electron chi connectivity index (χ3n) is 3.14. The lowest BCUT2D eigenvalue weighted by atomic mass is 10.0. The van der Waals surface area contributed by atoms with Gasteiger partial charge in [0.25, 0.3) is 5.69 Å². The Labute approximate surface area is 114 Å². The summed E-state index contributed by atoms with van der Waals surface area (Å²) in [6, 6.07) is 5.33. The summed E-state index contributed by atoms with van der Waals surface area (Å²) in [5, 5.41) is 14.4. The molecule has 0 radical (unpaired) electrons. The number of nitro benzene ring substituents is 1. The Kier molecular flexibility index (Phi) is 5.30. The maximum atomic E-state index is 11.1. The molecule has 1 rings (SSSR count). The molecule has 0 heterocycles. The van der Waals surface area contributed by atoms with Crippen molar-refractivity contribution in [1.82, 2.24) is 4.90 Å². The van der Waals surface area contributed by atoms with Gasteiger partial charge in [-0.05, 0) is 32.5 Å². The van der Waals surface area contributed by atoms with Crippen LogP contribution in [0.3, 0.4) is 0 Å². The minimum atomic E-state index is -0.331. The summed E-state index contributed by atoms with van der Waals surface area (Å²) in [6.07, 6.45) is 0. The Morgan fingerprint density at radius 1 is 1.37 bits per heavy atom. The van der Waals surface area contributed by atoms with Gasteiger partial charge in [0.05, 0.1) is 4.92 Å². The highest BCUT2D eigenvalue weighted by Crippen LogP contribution is 2.29. The normalized spacial score (nSPS) is 12.8. The fraction of sp³-hybridized carbons (Fsp3) is 0.571. The highest BCUT2D eigenvalue weighted by atomic mass is 16.6. The lowest BCUT2D eigenvalue weighted by molar-refractivity contribution is -0.384. The summed E-state index contributed by atoms with van der Waals surface area (Å²) in [4.78, 5) is 12.9. The van der Waals surface area contributed by atoms with Crippen LogP contribution in [0.25, 0.3) is 0 Å². The largest absolute Gasteiger partial charge is 0.375 e. The van der Waals surface area contributed by atoms with E-state index in [-0.39, 0.29) is 16.7 Å². The van der Waals surface area contributed by atoms with Crippen molar-refractivity contribution in [2.75, 3.05) is 26.0 Å². The molecule has 106 valence electrons. The molecule has 0 aliphatic heterocycles. The first kappa shape index (κ1) is 15.4. The van der Waals surface area contributed by atoms with Gasteiger partial charge < -0.3 is 10.2 Å². The van der Waals surface area contributed by atoms with Crippen LogP contribution in [0.4, 0.5) is 11.4 Å². The van der Waals surface area contributed by atoms with Gasteiger partial charge in [0, 0.05) is 18.7 Å². The van der Waals surface area contributed by atoms with Crippen LogP contribution < -0.4 is 5.32 Å².